The molecule has 2 aliphatic heterocycles. The molecule has 4 rings (SSSR count). The molecule has 0 bridgehead atoms. The van der Waals surface area contributed by atoms with Crippen LogP contribution in [0.2, 0.25) is 0 Å². The predicted octanol–water partition coefficient (Wildman–Crippen LogP) is 2.23. The summed E-state index contributed by atoms with van der Waals surface area (Å²) in [6.45, 7) is 2.74. The Morgan fingerprint density at radius 1 is 1.20 bits per heavy atom. The number of hydrogen-bond acceptors (Lipinski definition) is 5. The van der Waals surface area contributed by atoms with E-state index < -0.39 is 17.5 Å². The third-order valence-electron chi connectivity index (χ3n) is 5.85. The highest BCUT2D eigenvalue weighted by Crippen LogP contribution is 2.36. The van der Waals surface area contributed by atoms with Crippen LogP contribution in [0.3, 0.4) is 0 Å². The Hall–Kier alpha value is -3.03. The van der Waals surface area contributed by atoms with Gasteiger partial charge in [0.05, 0.1) is 0 Å². The highest BCUT2D eigenvalue weighted by atomic mass is 16.6. The van der Waals surface area contributed by atoms with Crippen LogP contribution in [0.4, 0.5) is 4.79 Å². The minimum Gasteiger partial charge on any atom is -0.486 e. The first-order valence-corrected chi connectivity index (χ1v) is 10.5. The van der Waals surface area contributed by atoms with Crippen LogP contribution in [-0.2, 0) is 15.1 Å². The van der Waals surface area contributed by atoms with Gasteiger partial charge in [-0.15, -0.1) is 0 Å². The van der Waals surface area contributed by atoms with Gasteiger partial charge >= 0.3 is 6.03 Å². The summed E-state index contributed by atoms with van der Waals surface area (Å²) in [4.78, 5) is 38.8. The molecular formula is C22H27N3O5. The van der Waals surface area contributed by atoms with Crippen molar-refractivity contribution in [2.75, 3.05) is 26.3 Å². The van der Waals surface area contributed by atoms with Crippen LogP contribution in [-0.4, -0.2) is 49.0 Å². The van der Waals surface area contributed by atoms with Crippen LogP contribution in [0.25, 0.3) is 0 Å². The number of fused-ring (bicyclic) bond motifs is 1. The first kappa shape index (κ1) is 20.3. The van der Waals surface area contributed by atoms with Gasteiger partial charge in [0.25, 0.3) is 5.91 Å². The van der Waals surface area contributed by atoms with Gasteiger partial charge in [0, 0.05) is 6.54 Å². The maximum Gasteiger partial charge on any atom is 0.325 e. The zero-order valence-electron chi connectivity index (χ0n) is 17.2. The van der Waals surface area contributed by atoms with Crippen molar-refractivity contribution in [3.05, 3.63) is 35.4 Å². The van der Waals surface area contributed by atoms with Crippen molar-refractivity contribution in [1.29, 1.82) is 0 Å². The lowest BCUT2D eigenvalue weighted by Crippen LogP contribution is -2.43. The molecule has 8 heteroatoms. The van der Waals surface area contributed by atoms with Crippen molar-refractivity contribution in [2.24, 2.45) is 0 Å². The zero-order chi connectivity index (χ0) is 21.1. The van der Waals surface area contributed by atoms with Gasteiger partial charge in [0.2, 0.25) is 5.91 Å². The fraction of sp³-hybridized carbons (Fsp3) is 0.500. The summed E-state index contributed by atoms with van der Waals surface area (Å²) >= 11 is 0. The number of urea groups is 1. The Morgan fingerprint density at radius 3 is 2.77 bits per heavy atom. The standard InChI is InChI=1S/C22H27N3O5/c1-22(16-7-8-17-18(13-16)30-12-11-29-17)20(27)25(21(28)24-22)14-19(26)23-10-9-15-5-3-2-4-6-15/h5,7-8,13H,2-4,6,9-12,14H2,1H3,(H,23,26)(H,24,28)/t22-/m1/s1. The average Bonchev–Trinajstić information content (AvgIpc) is 2.98. The lowest BCUT2D eigenvalue weighted by molar-refractivity contribution is -0.134. The van der Waals surface area contributed by atoms with Crippen molar-refractivity contribution in [1.82, 2.24) is 15.5 Å². The minimum absolute atomic E-state index is 0.302. The van der Waals surface area contributed by atoms with E-state index in [1.54, 1.807) is 25.1 Å². The van der Waals surface area contributed by atoms with Gasteiger partial charge < -0.3 is 20.1 Å². The first-order valence-electron chi connectivity index (χ1n) is 10.5. The molecule has 1 saturated heterocycles. The van der Waals surface area contributed by atoms with Crippen molar-refractivity contribution in [2.45, 2.75) is 44.6 Å². The van der Waals surface area contributed by atoms with Crippen molar-refractivity contribution in [3.8, 4) is 11.5 Å². The molecule has 2 N–H and O–H groups in total. The lowest BCUT2D eigenvalue weighted by Gasteiger charge is -2.25. The van der Waals surface area contributed by atoms with E-state index in [-0.39, 0.29) is 12.5 Å². The summed E-state index contributed by atoms with van der Waals surface area (Å²) in [5.41, 5.74) is 0.681. The monoisotopic (exact) mass is 413 g/mol. The van der Waals surface area contributed by atoms with Crippen LogP contribution in [0, 0.1) is 0 Å². The summed E-state index contributed by atoms with van der Waals surface area (Å²) in [7, 11) is 0. The number of carbonyl (C=O) groups is 3. The normalized spacial score (nSPS) is 23.1. The summed E-state index contributed by atoms with van der Waals surface area (Å²) < 4.78 is 11.1. The molecule has 0 radical (unpaired) electrons. The van der Waals surface area contributed by atoms with Crippen molar-refractivity contribution < 1.29 is 23.9 Å². The molecule has 1 aliphatic carbocycles. The molecule has 4 amide bonds. The second kappa shape index (κ2) is 8.38. The van der Waals surface area contributed by atoms with Crippen LogP contribution in [0.5, 0.6) is 11.5 Å². The summed E-state index contributed by atoms with van der Waals surface area (Å²) in [5.74, 6) is 0.334. The number of imide groups is 1. The third kappa shape index (κ3) is 3.99. The first-order chi connectivity index (χ1) is 14.5. The predicted molar refractivity (Wildman–Crippen MR) is 109 cm³/mol. The number of nitrogens with zero attached hydrogens (tertiary/aromatic N) is 1. The molecule has 3 aliphatic rings. The average molecular weight is 413 g/mol. The van der Waals surface area contributed by atoms with Gasteiger partial charge in [-0.05, 0) is 56.7 Å². The second-order valence-corrected chi connectivity index (χ2v) is 8.01. The topological polar surface area (TPSA) is 97.0 Å². The molecule has 0 spiro atoms. The Morgan fingerprint density at radius 2 is 2.00 bits per heavy atom. The van der Waals surface area contributed by atoms with Gasteiger partial charge in [0.15, 0.2) is 11.5 Å². The van der Waals surface area contributed by atoms with E-state index >= 15 is 0 Å². The fourth-order valence-electron chi connectivity index (χ4n) is 4.08. The number of amides is 4. The molecule has 1 aromatic carbocycles. The molecule has 2 heterocycles. The Balaban J connectivity index is 1.38. The Bertz CT molecular complexity index is 897. The Kier molecular flexibility index (Phi) is 5.65. The number of benzene rings is 1. The fourth-order valence-corrected chi connectivity index (χ4v) is 4.08. The van der Waals surface area contributed by atoms with Gasteiger partial charge in [-0.3, -0.25) is 14.5 Å². The van der Waals surface area contributed by atoms with Gasteiger partial charge in [-0.1, -0.05) is 17.7 Å². The third-order valence-corrected chi connectivity index (χ3v) is 5.85. The number of carbonyl (C=O) groups excluding carboxylic acids is 3. The molecule has 1 atom stereocenters. The molecule has 0 aromatic heterocycles. The van der Waals surface area contributed by atoms with Crippen molar-refractivity contribution in [3.63, 3.8) is 0 Å². The van der Waals surface area contributed by atoms with E-state index in [9.17, 15) is 14.4 Å². The smallest absolute Gasteiger partial charge is 0.325 e. The number of rotatable bonds is 6. The van der Waals surface area contributed by atoms with Crippen molar-refractivity contribution >= 4 is 17.8 Å². The zero-order valence-corrected chi connectivity index (χ0v) is 17.2. The molecular weight excluding hydrogens is 386 g/mol. The number of nitrogens with one attached hydrogen (secondary N) is 2. The maximum absolute atomic E-state index is 13.0. The highest BCUT2D eigenvalue weighted by Gasteiger charge is 2.49. The Labute approximate surface area is 175 Å². The largest absolute Gasteiger partial charge is 0.486 e. The lowest BCUT2D eigenvalue weighted by atomic mass is 9.91. The molecule has 1 aromatic rings. The molecule has 8 nitrogen and oxygen atoms in total. The number of ether oxygens (including phenoxy) is 2. The highest BCUT2D eigenvalue weighted by molar-refractivity contribution is 6.09. The quantitative estimate of drug-likeness (QED) is 0.551. The summed E-state index contributed by atoms with van der Waals surface area (Å²) in [5, 5.41) is 5.53. The van der Waals surface area contributed by atoms with Crippen LogP contribution >= 0.6 is 0 Å². The summed E-state index contributed by atoms with van der Waals surface area (Å²) in [6, 6.07) is 4.58. The minimum atomic E-state index is -1.26. The second-order valence-electron chi connectivity index (χ2n) is 8.01. The summed E-state index contributed by atoms with van der Waals surface area (Å²) in [6.07, 6.45) is 7.65. The van der Waals surface area contributed by atoms with Gasteiger partial charge in [-0.25, -0.2) is 4.79 Å². The van der Waals surface area contributed by atoms with Gasteiger partial charge in [-0.2, -0.15) is 0 Å². The van der Waals surface area contributed by atoms with Crippen LogP contribution in [0.1, 0.15) is 44.6 Å². The SMILES string of the molecule is C[C@]1(c2ccc3c(c2)OCCO3)NC(=O)N(CC(=O)NCCC2=CCCCC2)C1=O. The number of hydrogen-bond donors (Lipinski definition) is 2. The molecule has 1 fully saturated rings. The van der Waals surface area contributed by atoms with Gasteiger partial charge in [0.1, 0.15) is 25.3 Å². The van der Waals surface area contributed by atoms with E-state index in [0.717, 1.165) is 24.2 Å². The maximum atomic E-state index is 13.0. The molecule has 30 heavy (non-hydrogen) atoms. The van der Waals surface area contributed by atoms with E-state index in [4.69, 9.17) is 9.47 Å². The van der Waals surface area contributed by atoms with Crippen LogP contribution in [0.15, 0.2) is 29.8 Å². The van der Waals surface area contributed by atoms with Crippen LogP contribution < -0.4 is 20.1 Å². The molecule has 0 saturated carbocycles. The van der Waals surface area contributed by atoms with E-state index in [2.05, 4.69) is 16.7 Å². The molecule has 0 unspecified atom stereocenters. The number of allylic oxidation sites excluding steroid dienone is 1. The van der Waals surface area contributed by atoms with E-state index in [1.807, 2.05) is 0 Å². The molecule has 160 valence electrons. The van der Waals surface area contributed by atoms with E-state index in [0.29, 0.717) is 36.8 Å². The van der Waals surface area contributed by atoms with E-state index in [1.165, 1.54) is 18.4 Å².